The van der Waals surface area contributed by atoms with Gasteiger partial charge < -0.3 is 10.2 Å². The molecule has 0 aliphatic carbocycles. The molecule has 0 spiro atoms. The molecule has 2 atom stereocenters. The van der Waals surface area contributed by atoms with Crippen molar-refractivity contribution in [2.24, 2.45) is 0 Å². The van der Waals surface area contributed by atoms with Crippen molar-refractivity contribution in [2.75, 3.05) is 12.4 Å². The van der Waals surface area contributed by atoms with Crippen LogP contribution in [0.15, 0.2) is 66.0 Å². The van der Waals surface area contributed by atoms with Crippen molar-refractivity contribution in [3.63, 3.8) is 0 Å². The summed E-state index contributed by atoms with van der Waals surface area (Å²) in [4.78, 5) is 29.1. The van der Waals surface area contributed by atoms with Crippen molar-refractivity contribution in [1.82, 2.24) is 4.90 Å². The van der Waals surface area contributed by atoms with E-state index in [1.54, 1.807) is 29.4 Å². The van der Waals surface area contributed by atoms with Crippen molar-refractivity contribution in [3.05, 3.63) is 87.6 Å². The number of fused-ring (bicyclic) bond motifs is 1. The van der Waals surface area contributed by atoms with Crippen molar-refractivity contribution in [3.8, 4) is 0 Å². The summed E-state index contributed by atoms with van der Waals surface area (Å²) in [5.41, 5.74) is 3.37. The fourth-order valence-electron chi connectivity index (χ4n) is 3.94. The molecule has 1 N–H and O–H groups in total. The minimum absolute atomic E-state index is 0.0515. The Kier molecular flexibility index (Phi) is 5.24. The number of hydrogen-bond donors (Lipinski definition) is 1. The van der Waals surface area contributed by atoms with E-state index in [9.17, 15) is 9.59 Å². The number of amides is 2. The van der Waals surface area contributed by atoms with E-state index in [4.69, 9.17) is 0 Å². The average Bonchev–Trinajstić information content (AvgIpc) is 3.25. The van der Waals surface area contributed by atoms with Gasteiger partial charge in [-0.3, -0.25) is 9.59 Å². The topological polar surface area (TPSA) is 49.4 Å². The molecule has 2 amide bonds. The lowest BCUT2D eigenvalue weighted by atomic mass is 9.81. The minimum atomic E-state index is -0.475. The summed E-state index contributed by atoms with van der Waals surface area (Å²) in [7, 11) is 1.78. The van der Waals surface area contributed by atoms with Crippen LogP contribution >= 0.6 is 11.3 Å². The molecule has 148 valence electrons. The number of thiophene rings is 1. The maximum atomic E-state index is 13.5. The summed E-state index contributed by atoms with van der Waals surface area (Å²) in [5, 5.41) is 5.05. The second kappa shape index (κ2) is 7.84. The summed E-state index contributed by atoms with van der Waals surface area (Å²) < 4.78 is 0. The van der Waals surface area contributed by atoms with Crippen LogP contribution in [0.2, 0.25) is 0 Å². The van der Waals surface area contributed by atoms with Crippen LogP contribution in [0.3, 0.4) is 0 Å². The van der Waals surface area contributed by atoms with Crippen molar-refractivity contribution in [2.45, 2.75) is 31.7 Å². The number of benzene rings is 2. The quantitative estimate of drug-likeness (QED) is 0.631. The van der Waals surface area contributed by atoms with Gasteiger partial charge in [-0.2, -0.15) is 0 Å². The van der Waals surface area contributed by atoms with Crippen LogP contribution in [-0.4, -0.2) is 23.8 Å². The highest BCUT2D eigenvalue weighted by atomic mass is 32.1. The third-order valence-corrected chi connectivity index (χ3v) is 6.48. The van der Waals surface area contributed by atoms with Gasteiger partial charge in [0.25, 0.3) is 5.91 Å². The lowest BCUT2D eigenvalue weighted by Crippen LogP contribution is -2.43. The van der Waals surface area contributed by atoms with Crippen LogP contribution in [0.25, 0.3) is 0 Å². The summed E-state index contributed by atoms with van der Waals surface area (Å²) in [6, 6.07) is 19.0. The number of nitrogens with one attached hydrogen (secondary N) is 1. The predicted octanol–water partition coefficient (Wildman–Crippen LogP) is 5.42. The number of anilines is 1. The largest absolute Gasteiger partial charge is 0.333 e. The Labute approximate surface area is 175 Å². The van der Waals surface area contributed by atoms with E-state index in [-0.39, 0.29) is 17.9 Å². The number of rotatable bonds is 4. The molecule has 0 unspecified atom stereocenters. The SMILES string of the molecule is CC(C)c1ccc(NC(=O)[C@H]2c3ccccc3C(=O)N(C)[C@@H]2c2cccs2)cc1. The summed E-state index contributed by atoms with van der Waals surface area (Å²) >= 11 is 1.57. The van der Waals surface area contributed by atoms with E-state index in [1.807, 2.05) is 60.0 Å². The zero-order chi connectivity index (χ0) is 20.5. The van der Waals surface area contributed by atoms with Gasteiger partial charge in [0.1, 0.15) is 0 Å². The maximum absolute atomic E-state index is 13.5. The normalized spacial score (nSPS) is 18.6. The molecule has 29 heavy (non-hydrogen) atoms. The highest BCUT2D eigenvalue weighted by molar-refractivity contribution is 7.10. The van der Waals surface area contributed by atoms with Crippen LogP contribution in [0.1, 0.15) is 58.1 Å². The van der Waals surface area contributed by atoms with Gasteiger partial charge in [-0.1, -0.05) is 50.2 Å². The van der Waals surface area contributed by atoms with E-state index in [1.165, 1.54) is 5.56 Å². The van der Waals surface area contributed by atoms with Crippen molar-refractivity contribution < 1.29 is 9.59 Å². The molecule has 5 heteroatoms. The summed E-state index contributed by atoms with van der Waals surface area (Å²) in [6.07, 6.45) is 0. The molecule has 3 aromatic rings. The molecule has 0 saturated carbocycles. The Bertz CT molecular complexity index is 1030. The molecular formula is C24H24N2O2S. The van der Waals surface area contributed by atoms with Gasteiger partial charge in [0.05, 0.1) is 12.0 Å². The van der Waals surface area contributed by atoms with Crippen molar-refractivity contribution >= 4 is 28.8 Å². The molecule has 1 aromatic heterocycles. The fraction of sp³-hybridized carbons (Fsp3) is 0.250. The second-order valence-electron chi connectivity index (χ2n) is 7.71. The molecule has 0 saturated heterocycles. The van der Waals surface area contributed by atoms with Gasteiger partial charge in [0.15, 0.2) is 0 Å². The van der Waals surface area contributed by atoms with Crippen LogP contribution in [0.4, 0.5) is 5.69 Å². The van der Waals surface area contributed by atoms with Gasteiger partial charge >= 0.3 is 0 Å². The molecule has 0 fully saturated rings. The highest BCUT2D eigenvalue weighted by Crippen LogP contribution is 2.43. The Hall–Kier alpha value is -2.92. The lowest BCUT2D eigenvalue weighted by molar-refractivity contribution is -0.119. The second-order valence-corrected chi connectivity index (χ2v) is 8.69. The van der Waals surface area contributed by atoms with Crippen LogP contribution < -0.4 is 5.32 Å². The molecular weight excluding hydrogens is 380 g/mol. The van der Waals surface area contributed by atoms with Crippen LogP contribution in [-0.2, 0) is 4.79 Å². The fourth-order valence-corrected chi connectivity index (χ4v) is 4.85. The molecule has 1 aliphatic rings. The maximum Gasteiger partial charge on any atom is 0.254 e. The Balaban J connectivity index is 1.72. The number of carbonyl (C=O) groups is 2. The zero-order valence-electron chi connectivity index (χ0n) is 16.8. The number of nitrogens with zero attached hydrogens (tertiary/aromatic N) is 1. The molecule has 2 aromatic carbocycles. The van der Waals surface area contributed by atoms with Crippen LogP contribution in [0.5, 0.6) is 0 Å². The monoisotopic (exact) mass is 404 g/mol. The van der Waals surface area contributed by atoms with E-state index < -0.39 is 5.92 Å². The third-order valence-electron chi connectivity index (χ3n) is 5.54. The standard InChI is InChI=1S/C24H24N2O2S/c1-15(2)16-10-12-17(13-11-16)25-23(27)21-18-7-4-5-8-19(18)24(28)26(3)22(21)20-9-6-14-29-20/h4-15,21-22H,1-3H3,(H,25,27)/t21-,22+/m0/s1. The number of hydrogen-bond acceptors (Lipinski definition) is 3. The first kappa shape index (κ1) is 19.4. The molecule has 4 nitrogen and oxygen atoms in total. The first-order chi connectivity index (χ1) is 14.0. The van der Waals surface area contributed by atoms with E-state index in [0.717, 1.165) is 16.1 Å². The van der Waals surface area contributed by atoms with Gasteiger partial charge in [-0.25, -0.2) is 0 Å². The van der Waals surface area contributed by atoms with Gasteiger partial charge in [-0.15, -0.1) is 11.3 Å². The Morgan fingerprint density at radius 1 is 1.03 bits per heavy atom. The number of likely N-dealkylation sites (N-methyl/N-ethyl adjacent to an activating group) is 1. The average molecular weight is 405 g/mol. The lowest BCUT2D eigenvalue weighted by Gasteiger charge is -2.39. The first-order valence-electron chi connectivity index (χ1n) is 9.77. The molecule has 4 rings (SSSR count). The van der Waals surface area contributed by atoms with Gasteiger partial charge in [0.2, 0.25) is 5.91 Å². The molecule has 2 heterocycles. The van der Waals surface area contributed by atoms with E-state index >= 15 is 0 Å². The Morgan fingerprint density at radius 2 is 1.76 bits per heavy atom. The molecule has 1 aliphatic heterocycles. The van der Waals surface area contributed by atoms with Gasteiger partial charge in [-0.05, 0) is 46.7 Å². The zero-order valence-corrected chi connectivity index (χ0v) is 17.6. The van der Waals surface area contributed by atoms with Gasteiger partial charge in [0, 0.05) is 23.2 Å². The smallest absolute Gasteiger partial charge is 0.254 e. The molecule has 0 radical (unpaired) electrons. The van der Waals surface area contributed by atoms with E-state index in [0.29, 0.717) is 11.5 Å². The summed E-state index contributed by atoms with van der Waals surface area (Å²) in [6.45, 7) is 4.29. The summed E-state index contributed by atoms with van der Waals surface area (Å²) in [5.74, 6) is -0.193. The minimum Gasteiger partial charge on any atom is -0.333 e. The van der Waals surface area contributed by atoms with Crippen LogP contribution in [0, 0.1) is 0 Å². The van der Waals surface area contributed by atoms with E-state index in [2.05, 4.69) is 19.2 Å². The van der Waals surface area contributed by atoms with Crippen molar-refractivity contribution in [1.29, 1.82) is 0 Å². The predicted molar refractivity (Wildman–Crippen MR) is 117 cm³/mol. The molecule has 0 bridgehead atoms. The highest BCUT2D eigenvalue weighted by Gasteiger charge is 2.43. The number of carbonyl (C=O) groups excluding carboxylic acids is 2. The Morgan fingerprint density at radius 3 is 2.41 bits per heavy atom. The third kappa shape index (κ3) is 3.58. The first-order valence-corrected chi connectivity index (χ1v) is 10.7.